The molecule has 0 bridgehead atoms. The van der Waals surface area contributed by atoms with E-state index in [1.165, 1.54) is 18.3 Å². The van der Waals surface area contributed by atoms with Gasteiger partial charge in [-0.2, -0.15) is 0 Å². The summed E-state index contributed by atoms with van der Waals surface area (Å²) in [4.78, 5) is 8.64. The Balaban J connectivity index is 1.89. The second kappa shape index (κ2) is 7.85. The van der Waals surface area contributed by atoms with Crippen molar-refractivity contribution in [1.82, 2.24) is 9.97 Å². The number of aromatic hydroxyl groups is 1. The van der Waals surface area contributed by atoms with Gasteiger partial charge in [-0.25, -0.2) is 9.37 Å². The van der Waals surface area contributed by atoms with Crippen molar-refractivity contribution in [1.29, 1.82) is 0 Å². The summed E-state index contributed by atoms with van der Waals surface area (Å²) >= 11 is 12.4. The fourth-order valence-electron chi connectivity index (χ4n) is 3.27. The molecule has 7 heteroatoms. The molecule has 1 unspecified atom stereocenters. The number of nitrogens with zero attached hydrogens (tertiary/aromatic N) is 2. The molecule has 2 N–H and O–H groups in total. The molecule has 0 spiro atoms. The monoisotopic (exact) mass is 427 g/mol. The fraction of sp³-hybridized carbons (Fsp3) is 0.0909. The first-order valence-electron chi connectivity index (χ1n) is 8.84. The Morgan fingerprint density at radius 1 is 1.03 bits per heavy atom. The van der Waals surface area contributed by atoms with Crippen LogP contribution in [0.5, 0.6) is 5.75 Å². The predicted octanol–water partition coefficient (Wildman–Crippen LogP) is 6.29. The van der Waals surface area contributed by atoms with Crippen LogP contribution in [-0.2, 0) is 0 Å². The molecule has 1 atom stereocenters. The molecule has 0 radical (unpaired) electrons. The lowest BCUT2D eigenvalue weighted by molar-refractivity contribution is 0.471. The standard InChI is InChI=1S/C22H16Cl2FN3O/c1-12-9-14(23)11-27-22(12)28-20(16-7-5-15(25)10-18(16)24)17-6-4-13-3-2-8-26-19(13)21(17)29/h2-11,20,29H,1H3,(H,27,28). The minimum absolute atomic E-state index is 0.0209. The molecule has 4 nitrogen and oxygen atoms in total. The lowest BCUT2D eigenvalue weighted by atomic mass is 9.96. The van der Waals surface area contributed by atoms with Gasteiger partial charge in [0.15, 0.2) is 0 Å². The van der Waals surface area contributed by atoms with Gasteiger partial charge in [0, 0.05) is 28.4 Å². The second-order valence-electron chi connectivity index (χ2n) is 6.64. The number of phenols is 1. The van der Waals surface area contributed by atoms with Gasteiger partial charge in [-0.1, -0.05) is 47.5 Å². The average molecular weight is 428 g/mol. The van der Waals surface area contributed by atoms with Crippen molar-refractivity contribution in [2.24, 2.45) is 0 Å². The largest absolute Gasteiger partial charge is 0.505 e. The first kappa shape index (κ1) is 19.4. The minimum atomic E-state index is -0.595. The molecule has 2 aromatic heterocycles. The normalized spacial score (nSPS) is 12.1. The third-order valence-electron chi connectivity index (χ3n) is 4.69. The number of hydrogen-bond acceptors (Lipinski definition) is 4. The van der Waals surface area contributed by atoms with E-state index in [2.05, 4.69) is 15.3 Å². The van der Waals surface area contributed by atoms with Gasteiger partial charge in [0.05, 0.1) is 11.1 Å². The number of halogens is 3. The first-order valence-corrected chi connectivity index (χ1v) is 9.60. The summed E-state index contributed by atoms with van der Waals surface area (Å²) < 4.78 is 13.6. The molecule has 0 aliphatic rings. The number of fused-ring (bicyclic) bond motifs is 1. The van der Waals surface area contributed by atoms with Crippen molar-refractivity contribution in [2.45, 2.75) is 13.0 Å². The Hall–Kier alpha value is -2.89. The van der Waals surface area contributed by atoms with Crippen molar-refractivity contribution in [2.75, 3.05) is 5.32 Å². The summed E-state index contributed by atoms with van der Waals surface area (Å²) in [6.45, 7) is 1.87. The van der Waals surface area contributed by atoms with Crippen molar-refractivity contribution in [3.63, 3.8) is 0 Å². The highest BCUT2D eigenvalue weighted by Crippen LogP contribution is 2.39. The van der Waals surface area contributed by atoms with Gasteiger partial charge in [0.25, 0.3) is 0 Å². The highest BCUT2D eigenvalue weighted by molar-refractivity contribution is 6.31. The van der Waals surface area contributed by atoms with Gasteiger partial charge < -0.3 is 10.4 Å². The van der Waals surface area contributed by atoms with Crippen LogP contribution in [0, 0.1) is 12.7 Å². The highest BCUT2D eigenvalue weighted by Gasteiger charge is 2.23. The Bertz CT molecular complexity index is 1220. The molecular formula is C22H16Cl2FN3O. The van der Waals surface area contributed by atoms with E-state index in [1.54, 1.807) is 30.5 Å². The molecule has 0 amide bonds. The smallest absolute Gasteiger partial charge is 0.147 e. The van der Waals surface area contributed by atoms with E-state index in [0.717, 1.165) is 10.9 Å². The summed E-state index contributed by atoms with van der Waals surface area (Å²) in [5, 5.41) is 15.8. The van der Waals surface area contributed by atoms with E-state index in [-0.39, 0.29) is 10.8 Å². The Morgan fingerprint density at radius 3 is 2.59 bits per heavy atom. The van der Waals surface area contributed by atoms with E-state index < -0.39 is 11.9 Å². The van der Waals surface area contributed by atoms with Crippen LogP contribution in [0.3, 0.4) is 0 Å². The zero-order valence-corrected chi connectivity index (χ0v) is 16.8. The van der Waals surface area contributed by atoms with Crippen molar-refractivity contribution in [3.05, 3.63) is 93.5 Å². The zero-order chi connectivity index (χ0) is 20.5. The maximum absolute atomic E-state index is 13.6. The van der Waals surface area contributed by atoms with Crippen LogP contribution in [0.2, 0.25) is 10.0 Å². The summed E-state index contributed by atoms with van der Waals surface area (Å²) in [6, 6.07) is 12.7. The van der Waals surface area contributed by atoms with E-state index in [0.29, 0.717) is 27.5 Å². The van der Waals surface area contributed by atoms with Crippen LogP contribution < -0.4 is 5.32 Å². The second-order valence-corrected chi connectivity index (χ2v) is 7.48. The molecular weight excluding hydrogens is 412 g/mol. The third-order valence-corrected chi connectivity index (χ3v) is 5.22. The van der Waals surface area contributed by atoms with Gasteiger partial charge in [0.1, 0.15) is 22.9 Å². The van der Waals surface area contributed by atoms with Gasteiger partial charge in [-0.3, -0.25) is 4.98 Å². The summed E-state index contributed by atoms with van der Waals surface area (Å²) in [5.41, 5.74) is 2.42. The Morgan fingerprint density at radius 2 is 1.83 bits per heavy atom. The number of aryl methyl sites for hydroxylation is 1. The quantitative estimate of drug-likeness (QED) is 0.401. The van der Waals surface area contributed by atoms with Crippen molar-refractivity contribution in [3.8, 4) is 5.75 Å². The van der Waals surface area contributed by atoms with Crippen LogP contribution in [0.4, 0.5) is 10.2 Å². The number of benzene rings is 2. The lowest BCUT2D eigenvalue weighted by Gasteiger charge is -2.23. The Kier molecular flexibility index (Phi) is 5.26. The molecule has 4 rings (SSSR count). The third kappa shape index (κ3) is 3.84. The number of rotatable bonds is 4. The minimum Gasteiger partial charge on any atom is -0.505 e. The zero-order valence-electron chi connectivity index (χ0n) is 15.3. The van der Waals surface area contributed by atoms with E-state index in [1.807, 2.05) is 19.1 Å². The Labute approximate surface area is 177 Å². The predicted molar refractivity (Wildman–Crippen MR) is 114 cm³/mol. The molecule has 0 aliphatic carbocycles. The van der Waals surface area contributed by atoms with E-state index >= 15 is 0 Å². The maximum Gasteiger partial charge on any atom is 0.147 e. The summed E-state index contributed by atoms with van der Waals surface area (Å²) in [5.74, 6) is 0.149. The van der Waals surface area contributed by atoms with Crippen LogP contribution >= 0.6 is 23.2 Å². The van der Waals surface area contributed by atoms with Gasteiger partial charge in [0.2, 0.25) is 0 Å². The number of nitrogens with one attached hydrogen (secondary N) is 1. The van der Waals surface area contributed by atoms with Gasteiger partial charge in [-0.05, 0) is 42.3 Å². The summed E-state index contributed by atoms with van der Waals surface area (Å²) in [7, 11) is 0. The van der Waals surface area contributed by atoms with E-state index in [9.17, 15) is 9.50 Å². The molecule has 4 aromatic rings. The summed E-state index contributed by atoms with van der Waals surface area (Å²) in [6.07, 6.45) is 3.14. The molecule has 2 aromatic carbocycles. The lowest BCUT2D eigenvalue weighted by Crippen LogP contribution is -2.15. The van der Waals surface area contributed by atoms with Crippen LogP contribution in [-0.4, -0.2) is 15.1 Å². The number of hydrogen-bond donors (Lipinski definition) is 2. The topological polar surface area (TPSA) is 58.0 Å². The van der Waals surface area contributed by atoms with Crippen molar-refractivity contribution < 1.29 is 9.50 Å². The molecule has 0 aliphatic heterocycles. The maximum atomic E-state index is 13.6. The molecule has 0 fully saturated rings. The molecule has 146 valence electrons. The van der Waals surface area contributed by atoms with Gasteiger partial charge >= 0.3 is 0 Å². The van der Waals surface area contributed by atoms with Crippen LogP contribution in [0.25, 0.3) is 10.9 Å². The molecule has 0 saturated carbocycles. The first-order chi connectivity index (χ1) is 13.9. The molecule has 0 saturated heterocycles. The SMILES string of the molecule is Cc1cc(Cl)cnc1NC(c1ccc(F)cc1Cl)c1ccc2cccnc2c1O. The van der Waals surface area contributed by atoms with Gasteiger partial charge in [-0.15, -0.1) is 0 Å². The number of phenolic OH excluding ortho intramolecular Hbond substituents is 1. The fourth-order valence-corrected chi connectivity index (χ4v) is 3.75. The number of aromatic nitrogens is 2. The van der Waals surface area contributed by atoms with Crippen LogP contribution in [0.15, 0.2) is 60.9 Å². The highest BCUT2D eigenvalue weighted by atomic mass is 35.5. The van der Waals surface area contributed by atoms with E-state index in [4.69, 9.17) is 23.2 Å². The molecule has 2 heterocycles. The average Bonchev–Trinajstić information content (AvgIpc) is 2.69. The van der Waals surface area contributed by atoms with Crippen molar-refractivity contribution >= 4 is 39.9 Å². The number of anilines is 1. The van der Waals surface area contributed by atoms with Crippen LogP contribution in [0.1, 0.15) is 22.7 Å². The number of pyridine rings is 2. The molecule has 29 heavy (non-hydrogen) atoms.